The van der Waals surface area contributed by atoms with Gasteiger partial charge in [0.05, 0.1) is 5.92 Å². The molecule has 0 saturated carbocycles. The van der Waals surface area contributed by atoms with Crippen LogP contribution in [0, 0.1) is 18.8 Å². The van der Waals surface area contributed by atoms with Gasteiger partial charge in [0.2, 0.25) is 0 Å². The van der Waals surface area contributed by atoms with E-state index in [1.165, 1.54) is 0 Å². The molecule has 1 aliphatic heterocycles. The Morgan fingerprint density at radius 2 is 2.15 bits per heavy atom. The molecule has 0 aromatic heterocycles. The van der Waals surface area contributed by atoms with E-state index in [9.17, 15) is 9.59 Å². The number of aliphatic carboxylic acids is 1. The lowest BCUT2D eigenvalue weighted by Crippen LogP contribution is -2.56. The molecule has 1 fully saturated rings. The molecular weight excluding hydrogens is 256 g/mol. The smallest absolute Gasteiger partial charge is 0.317 e. The number of hydrogen-bond acceptors (Lipinski definition) is 2. The zero-order chi connectivity index (χ0) is 14.7. The van der Waals surface area contributed by atoms with E-state index in [1.54, 1.807) is 11.8 Å². The fourth-order valence-corrected chi connectivity index (χ4v) is 2.31. The van der Waals surface area contributed by atoms with Gasteiger partial charge in [0.1, 0.15) is 0 Å². The number of urea groups is 1. The number of nitrogens with zero attached hydrogens (tertiary/aromatic N) is 1. The van der Waals surface area contributed by atoms with Crippen molar-refractivity contribution in [2.24, 2.45) is 11.8 Å². The van der Waals surface area contributed by atoms with Crippen LogP contribution in [0.3, 0.4) is 0 Å². The first-order valence-corrected chi connectivity index (χ1v) is 6.78. The van der Waals surface area contributed by atoms with Crippen molar-refractivity contribution in [3.63, 3.8) is 0 Å². The van der Waals surface area contributed by atoms with Crippen LogP contribution in [0.25, 0.3) is 0 Å². The van der Waals surface area contributed by atoms with Crippen molar-refractivity contribution in [3.8, 4) is 0 Å². The van der Waals surface area contributed by atoms with Crippen molar-refractivity contribution in [2.45, 2.75) is 20.4 Å². The molecule has 0 spiro atoms. The van der Waals surface area contributed by atoms with Crippen molar-refractivity contribution in [1.82, 2.24) is 10.2 Å². The van der Waals surface area contributed by atoms with Gasteiger partial charge in [0, 0.05) is 25.6 Å². The highest BCUT2D eigenvalue weighted by Crippen LogP contribution is 2.23. The minimum Gasteiger partial charge on any atom is -0.481 e. The molecular formula is C15H20N2O3. The van der Waals surface area contributed by atoms with E-state index in [-0.39, 0.29) is 11.9 Å². The minimum atomic E-state index is -0.796. The van der Waals surface area contributed by atoms with Crippen molar-refractivity contribution in [3.05, 3.63) is 35.4 Å². The molecule has 2 rings (SSSR count). The third-order valence-electron chi connectivity index (χ3n) is 3.82. The summed E-state index contributed by atoms with van der Waals surface area (Å²) in [7, 11) is 0. The average molecular weight is 276 g/mol. The molecule has 5 heteroatoms. The Kier molecular flexibility index (Phi) is 4.27. The highest BCUT2D eigenvalue weighted by atomic mass is 16.4. The van der Waals surface area contributed by atoms with Crippen LogP contribution in [0.5, 0.6) is 0 Å². The Morgan fingerprint density at radius 1 is 1.45 bits per heavy atom. The second kappa shape index (κ2) is 5.94. The summed E-state index contributed by atoms with van der Waals surface area (Å²) >= 11 is 0. The summed E-state index contributed by atoms with van der Waals surface area (Å²) in [5.41, 5.74) is 2.23. The van der Waals surface area contributed by atoms with Crippen LogP contribution in [0.15, 0.2) is 24.3 Å². The van der Waals surface area contributed by atoms with Crippen molar-refractivity contribution >= 4 is 12.0 Å². The molecule has 2 amide bonds. The molecule has 20 heavy (non-hydrogen) atoms. The number of aryl methyl sites for hydroxylation is 1. The number of rotatable bonds is 4. The van der Waals surface area contributed by atoms with Crippen molar-refractivity contribution < 1.29 is 14.7 Å². The first kappa shape index (κ1) is 14.4. The molecule has 0 radical (unpaired) electrons. The molecule has 1 aliphatic rings. The molecule has 1 heterocycles. The van der Waals surface area contributed by atoms with Crippen LogP contribution in [0.2, 0.25) is 0 Å². The van der Waals surface area contributed by atoms with Crippen LogP contribution in [-0.4, -0.2) is 35.1 Å². The second-order valence-electron chi connectivity index (χ2n) is 5.44. The number of nitrogens with one attached hydrogen (secondary N) is 1. The first-order chi connectivity index (χ1) is 9.47. The SMILES string of the molecule is Cc1cccc(CNC(=O)N2CC(C(C)C(=O)O)C2)c1. The highest BCUT2D eigenvalue weighted by molar-refractivity contribution is 5.76. The maximum absolute atomic E-state index is 11.9. The Bertz CT molecular complexity index is 510. The van der Waals surface area contributed by atoms with E-state index in [0.29, 0.717) is 19.6 Å². The summed E-state index contributed by atoms with van der Waals surface area (Å²) in [5, 5.41) is 11.8. The highest BCUT2D eigenvalue weighted by Gasteiger charge is 2.36. The van der Waals surface area contributed by atoms with E-state index >= 15 is 0 Å². The number of benzene rings is 1. The van der Waals surface area contributed by atoms with Crippen LogP contribution >= 0.6 is 0 Å². The van der Waals surface area contributed by atoms with Gasteiger partial charge in [-0.3, -0.25) is 4.79 Å². The quantitative estimate of drug-likeness (QED) is 0.882. The summed E-state index contributed by atoms with van der Waals surface area (Å²) in [4.78, 5) is 24.4. The van der Waals surface area contributed by atoms with E-state index in [0.717, 1.165) is 11.1 Å². The average Bonchev–Trinajstić information content (AvgIpc) is 2.34. The summed E-state index contributed by atoms with van der Waals surface area (Å²) in [6.45, 7) is 5.24. The monoisotopic (exact) mass is 276 g/mol. The van der Waals surface area contributed by atoms with Crippen molar-refractivity contribution in [1.29, 1.82) is 0 Å². The van der Waals surface area contributed by atoms with Crippen LogP contribution < -0.4 is 5.32 Å². The van der Waals surface area contributed by atoms with Gasteiger partial charge in [-0.15, -0.1) is 0 Å². The van der Waals surface area contributed by atoms with Crippen LogP contribution in [-0.2, 0) is 11.3 Å². The minimum absolute atomic E-state index is 0.0669. The van der Waals surface area contributed by atoms with E-state index in [1.807, 2.05) is 31.2 Å². The maximum atomic E-state index is 11.9. The lowest BCUT2D eigenvalue weighted by Gasteiger charge is -2.41. The number of carboxylic acids is 1. The van der Waals surface area contributed by atoms with Gasteiger partial charge in [-0.05, 0) is 12.5 Å². The van der Waals surface area contributed by atoms with Gasteiger partial charge in [0.25, 0.3) is 0 Å². The zero-order valence-corrected chi connectivity index (χ0v) is 11.8. The summed E-state index contributed by atoms with van der Waals surface area (Å²) < 4.78 is 0. The molecule has 1 unspecified atom stereocenters. The van der Waals surface area contributed by atoms with Gasteiger partial charge < -0.3 is 15.3 Å². The fourth-order valence-electron chi connectivity index (χ4n) is 2.31. The molecule has 108 valence electrons. The Labute approximate surface area is 118 Å². The maximum Gasteiger partial charge on any atom is 0.317 e. The van der Waals surface area contributed by atoms with Gasteiger partial charge in [-0.25, -0.2) is 4.79 Å². The molecule has 1 atom stereocenters. The number of carboxylic acid groups (broad SMARTS) is 1. The van der Waals surface area contributed by atoms with Gasteiger partial charge in [0.15, 0.2) is 0 Å². The van der Waals surface area contributed by atoms with Gasteiger partial charge in [-0.2, -0.15) is 0 Å². The molecule has 0 bridgehead atoms. The Morgan fingerprint density at radius 3 is 2.75 bits per heavy atom. The van der Waals surface area contributed by atoms with Crippen molar-refractivity contribution in [2.75, 3.05) is 13.1 Å². The standard InChI is InChI=1S/C15H20N2O3/c1-10-4-3-5-12(6-10)7-16-15(20)17-8-13(9-17)11(2)14(18)19/h3-6,11,13H,7-9H2,1-2H3,(H,16,20)(H,18,19). The molecule has 5 nitrogen and oxygen atoms in total. The number of hydrogen-bond donors (Lipinski definition) is 2. The number of amides is 2. The normalized spacial score (nSPS) is 16.4. The number of likely N-dealkylation sites (tertiary alicyclic amines) is 1. The number of carbonyl (C=O) groups is 2. The Hall–Kier alpha value is -2.04. The third kappa shape index (κ3) is 3.29. The summed E-state index contributed by atoms with van der Waals surface area (Å²) in [5.74, 6) is -1.12. The topological polar surface area (TPSA) is 69.6 Å². The van der Waals surface area contributed by atoms with E-state index < -0.39 is 11.9 Å². The summed E-state index contributed by atoms with van der Waals surface area (Å²) in [6.07, 6.45) is 0. The van der Waals surface area contributed by atoms with Crippen LogP contribution in [0.4, 0.5) is 4.79 Å². The fraction of sp³-hybridized carbons (Fsp3) is 0.467. The number of carbonyl (C=O) groups excluding carboxylic acids is 1. The molecule has 2 N–H and O–H groups in total. The molecule has 1 aromatic carbocycles. The molecule has 0 aliphatic carbocycles. The lowest BCUT2D eigenvalue weighted by molar-refractivity contribution is -0.144. The first-order valence-electron chi connectivity index (χ1n) is 6.78. The predicted octanol–water partition coefficient (Wildman–Crippen LogP) is 1.86. The van der Waals surface area contributed by atoms with Gasteiger partial charge in [-0.1, -0.05) is 36.8 Å². The van der Waals surface area contributed by atoms with Crippen LogP contribution in [0.1, 0.15) is 18.1 Å². The zero-order valence-electron chi connectivity index (χ0n) is 11.8. The third-order valence-corrected chi connectivity index (χ3v) is 3.82. The summed E-state index contributed by atoms with van der Waals surface area (Å²) in [6, 6.07) is 7.86. The van der Waals surface area contributed by atoms with Gasteiger partial charge >= 0.3 is 12.0 Å². The van der Waals surface area contributed by atoms with E-state index in [4.69, 9.17) is 5.11 Å². The molecule has 1 aromatic rings. The largest absolute Gasteiger partial charge is 0.481 e. The lowest BCUT2D eigenvalue weighted by atomic mass is 9.87. The Balaban J connectivity index is 1.76. The predicted molar refractivity (Wildman–Crippen MR) is 75.3 cm³/mol. The second-order valence-corrected chi connectivity index (χ2v) is 5.44. The van der Waals surface area contributed by atoms with E-state index in [2.05, 4.69) is 5.32 Å². The molecule has 1 saturated heterocycles.